The van der Waals surface area contributed by atoms with E-state index in [0.717, 1.165) is 6.42 Å². The molecule has 2 rings (SSSR count). The second-order valence-electron chi connectivity index (χ2n) is 8.24. The minimum atomic E-state index is -1.41. The third-order valence-corrected chi connectivity index (χ3v) is 5.77. The number of hydrogen-bond acceptors (Lipinski definition) is 7. The molecule has 2 heterocycles. The highest BCUT2D eigenvalue weighted by atomic mass is 16.4. The normalized spacial score (nSPS) is 21.8. The molecule has 0 spiro atoms. The molecule has 33 heavy (non-hydrogen) atoms. The van der Waals surface area contributed by atoms with Gasteiger partial charge in [0.05, 0.1) is 6.04 Å². The van der Waals surface area contributed by atoms with Crippen LogP contribution in [0, 0.1) is 0 Å². The minimum absolute atomic E-state index is 0.0339. The number of carboxylic acid groups (broad SMARTS) is 2. The standard InChI is InChI=1S/C20H31N5O8/c21-15(26)7-5-12(23-17(29)11-3-1-9-22-11)19(31)25-10-2-4-14(25)18(30)24-13(20(32)33)6-8-16(27)28/h11-14,22H,1-10H2,(H2,21,26)(H,23,29)(H,24,30)(H,27,28)(H,32,33). The Bertz CT molecular complexity index is 782. The van der Waals surface area contributed by atoms with Crippen molar-refractivity contribution in [2.24, 2.45) is 5.73 Å². The van der Waals surface area contributed by atoms with E-state index in [0.29, 0.717) is 19.4 Å². The van der Waals surface area contributed by atoms with Crippen molar-refractivity contribution in [1.29, 1.82) is 0 Å². The molecule has 2 fully saturated rings. The summed E-state index contributed by atoms with van der Waals surface area (Å²) in [5.41, 5.74) is 5.21. The Labute approximate surface area is 190 Å². The van der Waals surface area contributed by atoms with Gasteiger partial charge in [0.1, 0.15) is 18.1 Å². The van der Waals surface area contributed by atoms with E-state index >= 15 is 0 Å². The second kappa shape index (κ2) is 12.1. The van der Waals surface area contributed by atoms with E-state index in [2.05, 4.69) is 16.0 Å². The molecule has 13 heteroatoms. The van der Waals surface area contributed by atoms with E-state index in [4.69, 9.17) is 10.8 Å². The van der Waals surface area contributed by atoms with Crippen LogP contribution in [-0.2, 0) is 28.8 Å². The van der Waals surface area contributed by atoms with Crippen molar-refractivity contribution in [3.05, 3.63) is 0 Å². The Kier molecular flexibility index (Phi) is 9.57. The van der Waals surface area contributed by atoms with E-state index in [1.807, 2.05) is 0 Å². The highest BCUT2D eigenvalue weighted by Crippen LogP contribution is 2.20. The van der Waals surface area contributed by atoms with Crippen molar-refractivity contribution < 1.29 is 39.0 Å². The number of amides is 4. The molecule has 184 valence electrons. The molecule has 4 unspecified atom stereocenters. The number of nitrogens with one attached hydrogen (secondary N) is 3. The van der Waals surface area contributed by atoms with Crippen molar-refractivity contribution in [3.63, 3.8) is 0 Å². The molecule has 0 aliphatic carbocycles. The summed E-state index contributed by atoms with van der Waals surface area (Å²) in [7, 11) is 0. The maximum absolute atomic E-state index is 13.2. The minimum Gasteiger partial charge on any atom is -0.481 e. The van der Waals surface area contributed by atoms with Crippen molar-refractivity contribution in [2.75, 3.05) is 13.1 Å². The first kappa shape index (κ1) is 26.0. The monoisotopic (exact) mass is 469 g/mol. The molecule has 2 aliphatic heterocycles. The number of carbonyl (C=O) groups excluding carboxylic acids is 4. The zero-order chi connectivity index (χ0) is 24.5. The van der Waals surface area contributed by atoms with Crippen LogP contribution < -0.4 is 21.7 Å². The van der Waals surface area contributed by atoms with Gasteiger partial charge in [0.2, 0.25) is 23.6 Å². The summed E-state index contributed by atoms with van der Waals surface area (Å²) in [4.78, 5) is 73.2. The highest BCUT2D eigenvalue weighted by Gasteiger charge is 2.39. The zero-order valence-electron chi connectivity index (χ0n) is 18.2. The molecule has 0 aromatic rings. The number of nitrogens with two attached hydrogens (primary N) is 1. The summed E-state index contributed by atoms with van der Waals surface area (Å²) in [5, 5.41) is 26.0. The summed E-state index contributed by atoms with van der Waals surface area (Å²) < 4.78 is 0. The number of carboxylic acids is 2. The van der Waals surface area contributed by atoms with Crippen molar-refractivity contribution in [3.8, 4) is 0 Å². The third kappa shape index (κ3) is 7.70. The summed E-state index contributed by atoms with van der Waals surface area (Å²) >= 11 is 0. The first-order chi connectivity index (χ1) is 15.6. The lowest BCUT2D eigenvalue weighted by molar-refractivity contribution is -0.145. The number of aliphatic carboxylic acids is 2. The Morgan fingerprint density at radius 2 is 1.61 bits per heavy atom. The smallest absolute Gasteiger partial charge is 0.326 e. The van der Waals surface area contributed by atoms with Crippen LogP contribution in [0.1, 0.15) is 51.4 Å². The Hall–Kier alpha value is -3.22. The van der Waals surface area contributed by atoms with Gasteiger partial charge >= 0.3 is 11.9 Å². The van der Waals surface area contributed by atoms with Crippen LogP contribution in [0.5, 0.6) is 0 Å². The van der Waals surface area contributed by atoms with Gasteiger partial charge in [-0.3, -0.25) is 24.0 Å². The lowest BCUT2D eigenvalue weighted by atomic mass is 10.1. The molecular weight excluding hydrogens is 438 g/mol. The maximum Gasteiger partial charge on any atom is 0.326 e. The number of nitrogens with zero attached hydrogens (tertiary/aromatic N) is 1. The molecule has 4 amide bonds. The lowest BCUT2D eigenvalue weighted by Crippen LogP contribution is -2.56. The Morgan fingerprint density at radius 3 is 2.18 bits per heavy atom. The molecule has 0 saturated carbocycles. The fourth-order valence-corrected chi connectivity index (χ4v) is 4.02. The second-order valence-corrected chi connectivity index (χ2v) is 8.24. The molecule has 2 aliphatic rings. The molecule has 0 radical (unpaired) electrons. The predicted octanol–water partition coefficient (Wildman–Crippen LogP) is -2.09. The van der Waals surface area contributed by atoms with Crippen LogP contribution in [0.15, 0.2) is 0 Å². The van der Waals surface area contributed by atoms with E-state index in [-0.39, 0.29) is 38.1 Å². The molecule has 13 nitrogen and oxygen atoms in total. The van der Waals surface area contributed by atoms with Gasteiger partial charge in [0, 0.05) is 19.4 Å². The molecule has 0 aromatic heterocycles. The highest BCUT2D eigenvalue weighted by molar-refractivity contribution is 5.95. The topological polar surface area (TPSA) is 208 Å². The van der Waals surface area contributed by atoms with E-state index in [9.17, 15) is 33.9 Å². The van der Waals surface area contributed by atoms with Gasteiger partial charge in [-0.05, 0) is 45.1 Å². The summed E-state index contributed by atoms with van der Waals surface area (Å²) in [6.45, 7) is 0.896. The SMILES string of the molecule is NC(=O)CCC(NC(=O)C1CCCN1)C(=O)N1CCCC1C(=O)NC(CCC(=O)O)C(=O)O. The average molecular weight is 469 g/mol. The quantitative estimate of drug-likeness (QED) is 0.185. The number of carbonyl (C=O) groups is 6. The van der Waals surface area contributed by atoms with Gasteiger partial charge in [-0.15, -0.1) is 0 Å². The van der Waals surface area contributed by atoms with Crippen LogP contribution in [-0.4, -0.2) is 87.9 Å². The summed E-state index contributed by atoms with van der Waals surface area (Å²) in [5.74, 6) is -4.86. The van der Waals surface area contributed by atoms with Crippen LogP contribution in [0.25, 0.3) is 0 Å². The largest absolute Gasteiger partial charge is 0.481 e. The summed E-state index contributed by atoms with van der Waals surface area (Å²) in [6.07, 6.45) is 1.28. The first-order valence-electron chi connectivity index (χ1n) is 11.0. The zero-order valence-corrected chi connectivity index (χ0v) is 18.2. The molecule has 0 bridgehead atoms. The van der Waals surface area contributed by atoms with Gasteiger partial charge in [-0.1, -0.05) is 0 Å². The van der Waals surface area contributed by atoms with Crippen molar-refractivity contribution in [1.82, 2.24) is 20.9 Å². The molecule has 0 aromatic carbocycles. The van der Waals surface area contributed by atoms with E-state index in [1.54, 1.807) is 0 Å². The average Bonchev–Trinajstić information content (AvgIpc) is 3.44. The van der Waals surface area contributed by atoms with E-state index < -0.39 is 60.2 Å². The number of hydrogen-bond donors (Lipinski definition) is 6. The number of likely N-dealkylation sites (tertiary alicyclic amines) is 1. The third-order valence-electron chi connectivity index (χ3n) is 5.77. The predicted molar refractivity (Wildman–Crippen MR) is 113 cm³/mol. The lowest BCUT2D eigenvalue weighted by Gasteiger charge is -2.30. The number of rotatable bonds is 12. The van der Waals surface area contributed by atoms with Gasteiger partial charge in [-0.25, -0.2) is 4.79 Å². The van der Waals surface area contributed by atoms with Crippen LogP contribution in [0.2, 0.25) is 0 Å². The van der Waals surface area contributed by atoms with Crippen LogP contribution >= 0.6 is 0 Å². The van der Waals surface area contributed by atoms with Gasteiger partial charge in [0.15, 0.2) is 0 Å². The molecule has 2 saturated heterocycles. The molecular formula is C20H31N5O8. The Morgan fingerprint density at radius 1 is 0.939 bits per heavy atom. The summed E-state index contributed by atoms with van der Waals surface area (Å²) in [6, 6.07) is -3.90. The van der Waals surface area contributed by atoms with Crippen LogP contribution in [0.4, 0.5) is 0 Å². The maximum atomic E-state index is 13.2. The van der Waals surface area contributed by atoms with E-state index in [1.165, 1.54) is 4.90 Å². The molecule has 7 N–H and O–H groups in total. The van der Waals surface area contributed by atoms with Crippen molar-refractivity contribution in [2.45, 2.75) is 75.5 Å². The van der Waals surface area contributed by atoms with Gasteiger partial charge < -0.3 is 36.8 Å². The number of primary amides is 1. The molecule has 4 atom stereocenters. The van der Waals surface area contributed by atoms with Gasteiger partial charge in [-0.2, -0.15) is 0 Å². The van der Waals surface area contributed by atoms with Crippen LogP contribution in [0.3, 0.4) is 0 Å². The fraction of sp³-hybridized carbons (Fsp3) is 0.700. The fourth-order valence-electron chi connectivity index (χ4n) is 4.02. The first-order valence-corrected chi connectivity index (χ1v) is 11.0. The Balaban J connectivity index is 2.09. The van der Waals surface area contributed by atoms with Gasteiger partial charge in [0.25, 0.3) is 0 Å². The van der Waals surface area contributed by atoms with Crippen molar-refractivity contribution >= 4 is 35.6 Å².